The first-order valence-electron chi connectivity index (χ1n) is 5.63. The van der Waals surface area contributed by atoms with Crippen LogP contribution in [0.15, 0.2) is 18.5 Å². The molecule has 0 aliphatic carbocycles. The number of carboxylic acids is 1. The fraction of sp³-hybridized carbons (Fsp3) is 0.364. The molecule has 0 spiro atoms. The molecule has 2 rings (SSSR count). The highest BCUT2D eigenvalue weighted by Crippen LogP contribution is 2.29. The van der Waals surface area contributed by atoms with Crippen molar-refractivity contribution in [2.45, 2.75) is 25.8 Å². The third kappa shape index (κ3) is 2.17. The van der Waals surface area contributed by atoms with Gasteiger partial charge in [0.1, 0.15) is 0 Å². The van der Waals surface area contributed by atoms with Crippen LogP contribution in [0.2, 0.25) is 5.02 Å². The Bertz CT molecular complexity index is 615. The average Bonchev–Trinajstić information content (AvgIpc) is 2.87. The highest BCUT2D eigenvalue weighted by Gasteiger charge is 2.37. The summed E-state index contributed by atoms with van der Waals surface area (Å²) in [5, 5.41) is 21.0. The zero-order valence-electron chi connectivity index (χ0n) is 10.4. The molecule has 0 amide bonds. The van der Waals surface area contributed by atoms with Crippen molar-refractivity contribution < 1.29 is 9.90 Å². The van der Waals surface area contributed by atoms with Crippen molar-refractivity contribution in [2.75, 3.05) is 0 Å². The summed E-state index contributed by atoms with van der Waals surface area (Å²) in [5.41, 5.74) is -0.687. The Balaban J connectivity index is 2.61. The third-order valence-corrected chi connectivity index (χ3v) is 3.40. The smallest absolute Gasteiger partial charge is 0.331 e. The van der Waals surface area contributed by atoms with Gasteiger partial charge in [-0.2, -0.15) is 0 Å². The number of aromatic nitrogens is 5. The molecule has 2 heterocycles. The van der Waals surface area contributed by atoms with E-state index >= 15 is 0 Å². The minimum atomic E-state index is -1.23. The van der Waals surface area contributed by atoms with Gasteiger partial charge in [0.05, 0.1) is 5.02 Å². The van der Waals surface area contributed by atoms with E-state index in [4.69, 9.17) is 11.6 Å². The molecule has 1 atom stereocenters. The average molecular weight is 282 g/mol. The number of carbonyl (C=O) groups is 1. The van der Waals surface area contributed by atoms with Gasteiger partial charge in [-0.05, 0) is 29.8 Å². The van der Waals surface area contributed by atoms with E-state index in [1.165, 1.54) is 10.9 Å². The molecule has 2 aromatic rings. The Hall–Kier alpha value is -2.02. The SMILES string of the molecule is CCC(C)(C(=O)O)n1nnnc1-c1ccncc1Cl. The van der Waals surface area contributed by atoms with Crippen molar-refractivity contribution in [1.29, 1.82) is 0 Å². The standard InChI is InChI=1S/C11H12ClN5O2/c1-3-11(2,10(18)19)17-9(14-15-16-17)7-4-5-13-6-8(7)12/h4-6H,3H2,1-2H3,(H,18,19). The Morgan fingerprint density at radius 3 is 2.89 bits per heavy atom. The quantitative estimate of drug-likeness (QED) is 0.915. The van der Waals surface area contributed by atoms with Gasteiger partial charge in [-0.25, -0.2) is 9.48 Å². The summed E-state index contributed by atoms with van der Waals surface area (Å²) in [5.74, 6) is -0.701. The topological polar surface area (TPSA) is 93.8 Å². The van der Waals surface area contributed by atoms with Gasteiger partial charge in [0.15, 0.2) is 11.4 Å². The van der Waals surface area contributed by atoms with Crippen LogP contribution in [0, 0.1) is 0 Å². The lowest BCUT2D eigenvalue weighted by atomic mass is 9.99. The molecule has 100 valence electrons. The third-order valence-electron chi connectivity index (χ3n) is 3.10. The first-order valence-corrected chi connectivity index (χ1v) is 6.00. The predicted octanol–water partition coefficient (Wildman–Crippen LogP) is 1.60. The van der Waals surface area contributed by atoms with E-state index in [9.17, 15) is 9.90 Å². The van der Waals surface area contributed by atoms with Gasteiger partial charge in [-0.3, -0.25) is 4.98 Å². The van der Waals surface area contributed by atoms with E-state index in [-0.39, 0.29) is 0 Å². The molecule has 1 unspecified atom stereocenters. The van der Waals surface area contributed by atoms with Crippen LogP contribution in [0.25, 0.3) is 11.4 Å². The predicted molar refractivity (Wildman–Crippen MR) is 67.6 cm³/mol. The molecule has 0 radical (unpaired) electrons. The maximum Gasteiger partial charge on any atom is 0.331 e. The summed E-state index contributed by atoms with van der Waals surface area (Å²) in [4.78, 5) is 15.3. The van der Waals surface area contributed by atoms with Crippen LogP contribution in [0.4, 0.5) is 0 Å². The van der Waals surface area contributed by atoms with Crippen molar-refractivity contribution >= 4 is 17.6 Å². The molecular formula is C11H12ClN5O2. The number of rotatable bonds is 4. The number of tetrazole rings is 1. The summed E-state index contributed by atoms with van der Waals surface area (Å²) >= 11 is 6.04. The molecule has 0 aromatic carbocycles. The van der Waals surface area contributed by atoms with E-state index in [0.717, 1.165) is 0 Å². The van der Waals surface area contributed by atoms with Gasteiger partial charge in [0.2, 0.25) is 0 Å². The van der Waals surface area contributed by atoms with E-state index in [0.29, 0.717) is 22.8 Å². The molecule has 0 saturated heterocycles. The Labute approximate surface area is 114 Å². The lowest BCUT2D eigenvalue weighted by molar-refractivity contribution is -0.147. The molecule has 0 fully saturated rings. The summed E-state index contributed by atoms with van der Waals surface area (Å²) in [6.07, 6.45) is 3.34. The number of hydrogen-bond donors (Lipinski definition) is 1. The first kappa shape index (κ1) is 13.4. The van der Waals surface area contributed by atoms with Crippen molar-refractivity contribution in [3.05, 3.63) is 23.5 Å². The molecule has 0 bridgehead atoms. The molecule has 0 aliphatic heterocycles. The zero-order valence-corrected chi connectivity index (χ0v) is 11.2. The summed E-state index contributed by atoms with van der Waals surface area (Å²) in [6, 6.07) is 1.64. The van der Waals surface area contributed by atoms with Crippen LogP contribution in [0.3, 0.4) is 0 Å². The number of hydrogen-bond acceptors (Lipinski definition) is 5. The van der Waals surface area contributed by atoms with Crippen LogP contribution in [0.5, 0.6) is 0 Å². The molecule has 0 aliphatic rings. The second-order valence-corrected chi connectivity index (χ2v) is 4.61. The van der Waals surface area contributed by atoms with Gasteiger partial charge in [0.25, 0.3) is 0 Å². The number of pyridine rings is 1. The zero-order chi connectivity index (χ0) is 14.0. The largest absolute Gasteiger partial charge is 0.479 e. The van der Waals surface area contributed by atoms with Gasteiger partial charge in [-0.1, -0.05) is 18.5 Å². The van der Waals surface area contributed by atoms with Crippen LogP contribution < -0.4 is 0 Å². The molecule has 0 saturated carbocycles. The minimum absolute atomic E-state index is 0.305. The normalized spacial score (nSPS) is 14.1. The lowest BCUT2D eigenvalue weighted by Gasteiger charge is -2.24. The van der Waals surface area contributed by atoms with Gasteiger partial charge >= 0.3 is 5.97 Å². The maximum absolute atomic E-state index is 11.5. The van der Waals surface area contributed by atoms with Gasteiger partial charge in [0, 0.05) is 18.0 Å². The van der Waals surface area contributed by atoms with E-state index in [1.807, 2.05) is 0 Å². The number of halogens is 1. The molecule has 8 heteroatoms. The number of carboxylic acid groups (broad SMARTS) is 1. The molecule has 19 heavy (non-hydrogen) atoms. The molecule has 7 nitrogen and oxygen atoms in total. The fourth-order valence-corrected chi connectivity index (χ4v) is 1.84. The summed E-state index contributed by atoms with van der Waals surface area (Å²) in [7, 11) is 0. The van der Waals surface area contributed by atoms with E-state index in [2.05, 4.69) is 20.5 Å². The van der Waals surface area contributed by atoms with Crippen LogP contribution in [-0.4, -0.2) is 36.3 Å². The maximum atomic E-state index is 11.5. The number of nitrogens with zero attached hydrogens (tertiary/aromatic N) is 5. The Kier molecular flexibility index (Phi) is 3.48. The second-order valence-electron chi connectivity index (χ2n) is 4.20. The fourth-order valence-electron chi connectivity index (χ4n) is 1.64. The van der Waals surface area contributed by atoms with Crippen molar-refractivity contribution in [3.8, 4) is 11.4 Å². The van der Waals surface area contributed by atoms with Crippen molar-refractivity contribution in [2.24, 2.45) is 0 Å². The van der Waals surface area contributed by atoms with Crippen molar-refractivity contribution in [1.82, 2.24) is 25.2 Å². The van der Waals surface area contributed by atoms with Crippen LogP contribution >= 0.6 is 11.6 Å². The summed E-state index contributed by atoms with van der Waals surface area (Å²) < 4.78 is 1.27. The van der Waals surface area contributed by atoms with Crippen molar-refractivity contribution in [3.63, 3.8) is 0 Å². The highest BCUT2D eigenvalue weighted by atomic mass is 35.5. The van der Waals surface area contributed by atoms with Gasteiger partial charge in [-0.15, -0.1) is 5.10 Å². The minimum Gasteiger partial charge on any atom is -0.479 e. The number of aliphatic carboxylic acids is 1. The summed E-state index contributed by atoms with van der Waals surface area (Å²) in [6.45, 7) is 3.32. The molecular weight excluding hydrogens is 270 g/mol. The molecule has 1 N–H and O–H groups in total. The Morgan fingerprint density at radius 1 is 1.58 bits per heavy atom. The Morgan fingerprint density at radius 2 is 2.32 bits per heavy atom. The first-order chi connectivity index (χ1) is 9.00. The van der Waals surface area contributed by atoms with Crippen LogP contribution in [-0.2, 0) is 10.3 Å². The monoisotopic (exact) mass is 281 g/mol. The second kappa shape index (κ2) is 4.93. The van der Waals surface area contributed by atoms with Gasteiger partial charge < -0.3 is 5.11 Å². The molecule has 2 aromatic heterocycles. The van der Waals surface area contributed by atoms with E-state index < -0.39 is 11.5 Å². The van der Waals surface area contributed by atoms with Crippen LogP contribution in [0.1, 0.15) is 20.3 Å². The van der Waals surface area contributed by atoms with E-state index in [1.54, 1.807) is 26.1 Å². The lowest BCUT2D eigenvalue weighted by Crippen LogP contribution is -2.39. The highest BCUT2D eigenvalue weighted by molar-refractivity contribution is 6.33.